The van der Waals surface area contributed by atoms with Crippen molar-refractivity contribution in [2.45, 2.75) is 25.9 Å². The molecule has 0 aliphatic heterocycles. The van der Waals surface area contributed by atoms with E-state index in [2.05, 4.69) is 10.4 Å². The molecule has 0 amide bonds. The van der Waals surface area contributed by atoms with Crippen LogP contribution in [0.1, 0.15) is 11.1 Å². The first-order valence-electron chi connectivity index (χ1n) is 7.13. The average molecular weight is 305 g/mol. The van der Waals surface area contributed by atoms with Gasteiger partial charge in [0.15, 0.2) is 0 Å². The summed E-state index contributed by atoms with van der Waals surface area (Å²) in [5.74, 6) is -0.624. The number of aryl methyl sites for hydroxylation is 1. The molecule has 0 saturated heterocycles. The summed E-state index contributed by atoms with van der Waals surface area (Å²) in [6, 6.07) is 5.65. The molecule has 5 nitrogen and oxygen atoms in total. The van der Waals surface area contributed by atoms with Gasteiger partial charge in [-0.05, 0) is 36.6 Å². The summed E-state index contributed by atoms with van der Waals surface area (Å²) in [6.45, 7) is 3.22. The van der Waals surface area contributed by atoms with Crippen LogP contribution in [0, 0.1) is 12.7 Å². The molecule has 2 rings (SSSR count). The lowest BCUT2D eigenvalue weighted by Gasteiger charge is -2.16. The minimum atomic E-state index is -0.466. The predicted octanol–water partition coefficient (Wildman–Crippen LogP) is 1.70. The zero-order valence-electron chi connectivity index (χ0n) is 12.8. The van der Waals surface area contributed by atoms with Crippen molar-refractivity contribution in [1.82, 2.24) is 15.1 Å². The molecule has 0 aliphatic carbocycles. The van der Waals surface area contributed by atoms with Crippen LogP contribution in [0.4, 0.5) is 4.39 Å². The number of esters is 1. The maximum atomic E-state index is 12.9. The largest absolute Gasteiger partial charge is 0.468 e. The van der Waals surface area contributed by atoms with E-state index >= 15 is 0 Å². The molecule has 0 spiro atoms. The molecular formula is C16H20FN3O2. The average Bonchev–Trinajstić information content (AvgIpc) is 2.93. The number of carbonyl (C=O) groups is 1. The number of halogens is 1. The second-order valence-corrected chi connectivity index (χ2v) is 5.14. The number of benzene rings is 1. The van der Waals surface area contributed by atoms with Crippen LogP contribution >= 0.6 is 0 Å². The van der Waals surface area contributed by atoms with Crippen molar-refractivity contribution < 1.29 is 13.9 Å². The van der Waals surface area contributed by atoms with Gasteiger partial charge in [-0.15, -0.1) is 0 Å². The van der Waals surface area contributed by atoms with Gasteiger partial charge >= 0.3 is 5.97 Å². The molecule has 1 aromatic heterocycles. The molecule has 6 heteroatoms. The fourth-order valence-corrected chi connectivity index (χ4v) is 2.18. The highest BCUT2D eigenvalue weighted by molar-refractivity contribution is 5.76. The lowest BCUT2D eigenvalue weighted by molar-refractivity contribution is -0.143. The fourth-order valence-electron chi connectivity index (χ4n) is 2.18. The maximum Gasteiger partial charge on any atom is 0.323 e. The summed E-state index contributed by atoms with van der Waals surface area (Å²) in [5, 5.41) is 7.35. The number of hydrogen-bond acceptors (Lipinski definition) is 4. The number of nitrogens with zero attached hydrogens (tertiary/aromatic N) is 2. The van der Waals surface area contributed by atoms with Gasteiger partial charge in [0.1, 0.15) is 11.9 Å². The molecule has 22 heavy (non-hydrogen) atoms. The lowest BCUT2D eigenvalue weighted by atomic mass is 10.1. The summed E-state index contributed by atoms with van der Waals surface area (Å²) < 4.78 is 19.6. The number of carbonyl (C=O) groups excluding carboxylic acids is 1. The van der Waals surface area contributed by atoms with Crippen LogP contribution in [-0.2, 0) is 22.5 Å². The summed E-state index contributed by atoms with van der Waals surface area (Å²) in [7, 11) is 1.36. The Bertz CT molecular complexity index is 610. The van der Waals surface area contributed by atoms with Crippen molar-refractivity contribution in [3.63, 3.8) is 0 Å². The Morgan fingerprint density at radius 2 is 2.14 bits per heavy atom. The third kappa shape index (κ3) is 4.66. The highest BCUT2D eigenvalue weighted by Crippen LogP contribution is 2.07. The Morgan fingerprint density at radius 1 is 1.41 bits per heavy atom. The van der Waals surface area contributed by atoms with Gasteiger partial charge < -0.3 is 10.1 Å². The number of methoxy groups -OCH3 is 1. The Hall–Kier alpha value is -2.21. The third-order valence-corrected chi connectivity index (χ3v) is 3.33. The van der Waals surface area contributed by atoms with Gasteiger partial charge in [-0.2, -0.15) is 5.10 Å². The topological polar surface area (TPSA) is 56.1 Å². The van der Waals surface area contributed by atoms with E-state index in [9.17, 15) is 9.18 Å². The quantitative estimate of drug-likeness (QED) is 0.791. The van der Waals surface area contributed by atoms with E-state index in [0.717, 1.165) is 11.1 Å². The van der Waals surface area contributed by atoms with E-state index in [1.54, 1.807) is 18.3 Å². The van der Waals surface area contributed by atoms with Crippen molar-refractivity contribution >= 4 is 5.97 Å². The molecule has 2 aromatic rings. The van der Waals surface area contributed by atoms with Gasteiger partial charge in [-0.1, -0.05) is 12.1 Å². The Labute approximate surface area is 129 Å². The van der Waals surface area contributed by atoms with Gasteiger partial charge in [-0.25, -0.2) is 4.39 Å². The SMILES string of the molecule is COC(=O)C(Cc1ccc(F)cc1)NCCn1cc(C)cn1. The van der Waals surface area contributed by atoms with Crippen LogP contribution < -0.4 is 5.32 Å². The Kier molecular flexibility index (Phi) is 5.66. The number of nitrogens with one attached hydrogen (secondary N) is 1. The second kappa shape index (κ2) is 7.70. The van der Waals surface area contributed by atoms with Crippen LogP contribution in [-0.4, -0.2) is 35.4 Å². The molecule has 1 aromatic carbocycles. The first-order chi connectivity index (χ1) is 10.6. The van der Waals surface area contributed by atoms with E-state index in [1.165, 1.54) is 19.2 Å². The third-order valence-electron chi connectivity index (χ3n) is 3.33. The second-order valence-electron chi connectivity index (χ2n) is 5.14. The Morgan fingerprint density at radius 3 is 2.73 bits per heavy atom. The van der Waals surface area contributed by atoms with Crippen molar-refractivity contribution in [2.24, 2.45) is 0 Å². The molecule has 0 bridgehead atoms. The fraction of sp³-hybridized carbons (Fsp3) is 0.375. The number of hydrogen-bond donors (Lipinski definition) is 1. The van der Waals surface area contributed by atoms with Crippen molar-refractivity contribution in [3.8, 4) is 0 Å². The summed E-state index contributed by atoms with van der Waals surface area (Å²) in [4.78, 5) is 11.8. The monoisotopic (exact) mass is 305 g/mol. The van der Waals surface area contributed by atoms with Crippen molar-refractivity contribution in [2.75, 3.05) is 13.7 Å². The smallest absolute Gasteiger partial charge is 0.323 e. The van der Waals surface area contributed by atoms with Gasteiger partial charge in [0, 0.05) is 12.7 Å². The van der Waals surface area contributed by atoms with Crippen LogP contribution in [0.15, 0.2) is 36.7 Å². The molecule has 0 radical (unpaired) electrons. The van der Waals surface area contributed by atoms with E-state index in [0.29, 0.717) is 19.5 Å². The van der Waals surface area contributed by atoms with Crippen LogP contribution in [0.25, 0.3) is 0 Å². The molecule has 0 fully saturated rings. The number of aromatic nitrogens is 2. The molecule has 1 N–H and O–H groups in total. The molecule has 1 heterocycles. The first-order valence-corrected chi connectivity index (χ1v) is 7.13. The van der Waals surface area contributed by atoms with Gasteiger partial charge in [0.05, 0.1) is 19.9 Å². The minimum Gasteiger partial charge on any atom is -0.468 e. The van der Waals surface area contributed by atoms with Crippen molar-refractivity contribution in [1.29, 1.82) is 0 Å². The van der Waals surface area contributed by atoms with Gasteiger partial charge in [0.2, 0.25) is 0 Å². The maximum absolute atomic E-state index is 12.9. The van der Waals surface area contributed by atoms with Crippen LogP contribution in [0.5, 0.6) is 0 Å². The van der Waals surface area contributed by atoms with Crippen LogP contribution in [0.2, 0.25) is 0 Å². The van der Waals surface area contributed by atoms with Crippen LogP contribution in [0.3, 0.4) is 0 Å². The molecule has 1 unspecified atom stereocenters. The van der Waals surface area contributed by atoms with E-state index in [-0.39, 0.29) is 11.8 Å². The summed E-state index contributed by atoms with van der Waals surface area (Å²) in [6.07, 6.45) is 4.18. The summed E-state index contributed by atoms with van der Waals surface area (Å²) >= 11 is 0. The molecular weight excluding hydrogens is 285 g/mol. The molecule has 0 saturated carbocycles. The van der Waals surface area contributed by atoms with E-state index in [4.69, 9.17) is 4.74 Å². The molecule has 0 aliphatic rings. The van der Waals surface area contributed by atoms with Gasteiger partial charge in [0.25, 0.3) is 0 Å². The van der Waals surface area contributed by atoms with Gasteiger partial charge in [-0.3, -0.25) is 9.48 Å². The normalized spacial score (nSPS) is 12.1. The standard InChI is InChI=1S/C16H20FN3O2/c1-12-10-19-20(11-12)8-7-18-15(16(21)22-2)9-13-3-5-14(17)6-4-13/h3-6,10-11,15,18H,7-9H2,1-2H3. The number of ether oxygens (including phenoxy) is 1. The zero-order chi connectivity index (χ0) is 15.9. The zero-order valence-corrected chi connectivity index (χ0v) is 12.8. The first kappa shape index (κ1) is 16.2. The Balaban J connectivity index is 1.91. The van der Waals surface area contributed by atoms with E-state index in [1.807, 2.05) is 17.8 Å². The summed E-state index contributed by atoms with van der Waals surface area (Å²) in [5.41, 5.74) is 1.97. The number of rotatable bonds is 7. The molecule has 1 atom stereocenters. The molecule has 118 valence electrons. The minimum absolute atomic E-state index is 0.291. The lowest BCUT2D eigenvalue weighted by Crippen LogP contribution is -2.41. The highest BCUT2D eigenvalue weighted by Gasteiger charge is 2.18. The highest BCUT2D eigenvalue weighted by atomic mass is 19.1. The van der Waals surface area contributed by atoms with E-state index < -0.39 is 6.04 Å². The predicted molar refractivity (Wildman–Crippen MR) is 80.9 cm³/mol. The van der Waals surface area contributed by atoms with Crippen molar-refractivity contribution in [3.05, 3.63) is 53.6 Å².